The summed E-state index contributed by atoms with van der Waals surface area (Å²) in [6.45, 7) is 1.60. The zero-order chi connectivity index (χ0) is 22.8. The number of rotatable bonds is 7. The molecule has 0 N–H and O–H groups in total. The summed E-state index contributed by atoms with van der Waals surface area (Å²) in [5.41, 5.74) is 1.38. The average Bonchev–Trinajstić information content (AvgIpc) is 3.34. The van der Waals surface area contributed by atoms with Crippen molar-refractivity contribution in [1.29, 1.82) is 0 Å². The van der Waals surface area contributed by atoms with Gasteiger partial charge in [-0.05, 0) is 69.5 Å². The Morgan fingerprint density at radius 1 is 1.22 bits per heavy atom. The molecule has 6 nitrogen and oxygen atoms in total. The molecule has 1 aromatic heterocycles. The molecular weight excluding hydrogens is 451 g/mol. The summed E-state index contributed by atoms with van der Waals surface area (Å²) in [4.78, 5) is 36.2. The minimum absolute atomic E-state index is 0.119. The molecule has 0 saturated carbocycles. The van der Waals surface area contributed by atoms with Crippen LogP contribution in [0.4, 0.5) is 15.2 Å². The van der Waals surface area contributed by atoms with Crippen molar-refractivity contribution < 1.29 is 14.0 Å². The van der Waals surface area contributed by atoms with Crippen LogP contribution in [-0.4, -0.2) is 55.4 Å². The van der Waals surface area contributed by atoms with Crippen molar-refractivity contribution in [2.24, 2.45) is 5.92 Å². The maximum Gasteiger partial charge on any atom is 0.234 e. The fourth-order valence-electron chi connectivity index (χ4n) is 3.81. The van der Waals surface area contributed by atoms with Gasteiger partial charge in [0.05, 0.1) is 16.1 Å². The van der Waals surface area contributed by atoms with Gasteiger partial charge in [0.15, 0.2) is 5.13 Å². The summed E-state index contributed by atoms with van der Waals surface area (Å²) in [6.07, 6.45) is 0.898. The third kappa shape index (κ3) is 4.92. The molecule has 0 aliphatic carbocycles. The summed E-state index contributed by atoms with van der Waals surface area (Å²) in [5, 5.41) is 1.23. The van der Waals surface area contributed by atoms with E-state index < -0.39 is 5.92 Å². The van der Waals surface area contributed by atoms with Crippen LogP contribution < -0.4 is 9.80 Å². The van der Waals surface area contributed by atoms with Gasteiger partial charge in [0, 0.05) is 30.2 Å². The number of amides is 2. The molecule has 1 fully saturated rings. The van der Waals surface area contributed by atoms with Crippen molar-refractivity contribution >= 4 is 55.8 Å². The van der Waals surface area contributed by atoms with Gasteiger partial charge in [-0.1, -0.05) is 22.9 Å². The average molecular weight is 475 g/mol. The minimum Gasteiger partial charge on any atom is -0.312 e. The molecule has 4 rings (SSSR count). The third-order valence-electron chi connectivity index (χ3n) is 5.44. The van der Waals surface area contributed by atoms with E-state index in [1.807, 2.05) is 26.2 Å². The number of anilines is 2. The first-order chi connectivity index (χ1) is 15.3. The van der Waals surface area contributed by atoms with E-state index in [1.54, 1.807) is 28.0 Å². The van der Waals surface area contributed by atoms with Gasteiger partial charge in [-0.3, -0.25) is 14.5 Å². The molecular formula is C23H24ClFN4O2S. The molecule has 2 heterocycles. The molecule has 9 heteroatoms. The highest BCUT2D eigenvalue weighted by Gasteiger charge is 2.38. The van der Waals surface area contributed by atoms with Crippen molar-refractivity contribution in [3.05, 3.63) is 53.3 Å². The number of carbonyl (C=O) groups is 2. The highest BCUT2D eigenvalue weighted by Crippen LogP contribution is 2.33. The first-order valence-corrected chi connectivity index (χ1v) is 11.6. The minimum atomic E-state index is -0.484. The lowest BCUT2D eigenvalue weighted by atomic mass is 10.1. The summed E-state index contributed by atoms with van der Waals surface area (Å²) in [5.74, 6) is -1.11. The third-order valence-corrected chi connectivity index (χ3v) is 6.71. The number of fused-ring (bicyclic) bond motifs is 1. The summed E-state index contributed by atoms with van der Waals surface area (Å²) in [7, 11) is 3.98. The van der Waals surface area contributed by atoms with Crippen LogP contribution in [0.5, 0.6) is 0 Å². The molecule has 2 amide bonds. The molecule has 1 unspecified atom stereocenters. The first-order valence-electron chi connectivity index (χ1n) is 10.4. The van der Waals surface area contributed by atoms with Crippen LogP contribution in [0.3, 0.4) is 0 Å². The standard InChI is InChI=1S/C23H24ClFN4O2S/c1-27(2)10-3-11-28(23-26-19-9-4-16(24)13-20(19)32-23)22(31)15-12-21(30)29(14-15)18-7-5-17(25)6-8-18/h4-9,13,15H,3,10-12,14H2,1-2H3. The fraction of sp³-hybridized carbons (Fsp3) is 0.348. The number of halogens is 2. The number of benzene rings is 2. The van der Waals surface area contributed by atoms with E-state index >= 15 is 0 Å². The van der Waals surface area contributed by atoms with Crippen molar-refractivity contribution in [2.75, 3.05) is 43.5 Å². The smallest absolute Gasteiger partial charge is 0.234 e. The SMILES string of the molecule is CN(C)CCCN(C(=O)C1CC(=O)N(c2ccc(F)cc2)C1)c1nc2ccc(Cl)cc2s1. The predicted octanol–water partition coefficient (Wildman–Crippen LogP) is 4.43. The van der Waals surface area contributed by atoms with Crippen LogP contribution in [0.15, 0.2) is 42.5 Å². The number of hydrogen-bond donors (Lipinski definition) is 0. The molecule has 3 aromatic rings. The van der Waals surface area contributed by atoms with Crippen LogP contribution in [0.1, 0.15) is 12.8 Å². The molecule has 168 valence electrons. The predicted molar refractivity (Wildman–Crippen MR) is 127 cm³/mol. The Kier molecular flexibility index (Phi) is 6.74. The Morgan fingerprint density at radius 3 is 2.69 bits per heavy atom. The van der Waals surface area contributed by atoms with Crippen molar-refractivity contribution in [2.45, 2.75) is 12.8 Å². The van der Waals surface area contributed by atoms with Crippen LogP contribution in [0.25, 0.3) is 10.2 Å². The van der Waals surface area contributed by atoms with Gasteiger partial charge in [-0.2, -0.15) is 0 Å². The number of thiazole rings is 1. The van der Waals surface area contributed by atoms with E-state index in [1.165, 1.54) is 23.5 Å². The van der Waals surface area contributed by atoms with Gasteiger partial charge < -0.3 is 9.80 Å². The zero-order valence-corrected chi connectivity index (χ0v) is 19.5. The van der Waals surface area contributed by atoms with Crippen LogP contribution in [0, 0.1) is 11.7 Å². The van der Waals surface area contributed by atoms with Gasteiger partial charge in [0.25, 0.3) is 0 Å². The lowest BCUT2D eigenvalue weighted by molar-refractivity contribution is -0.124. The van der Waals surface area contributed by atoms with Crippen LogP contribution in [0.2, 0.25) is 5.02 Å². The number of carbonyl (C=O) groups excluding carboxylic acids is 2. The van der Waals surface area contributed by atoms with Gasteiger partial charge in [-0.25, -0.2) is 9.37 Å². The quantitative estimate of drug-likeness (QED) is 0.508. The zero-order valence-electron chi connectivity index (χ0n) is 17.9. The number of hydrogen-bond acceptors (Lipinski definition) is 5. The van der Waals surface area contributed by atoms with E-state index in [2.05, 4.69) is 9.88 Å². The molecule has 1 atom stereocenters. The molecule has 1 saturated heterocycles. The monoisotopic (exact) mass is 474 g/mol. The maximum atomic E-state index is 13.6. The molecule has 1 aliphatic heterocycles. The van der Waals surface area contributed by atoms with E-state index in [0.29, 0.717) is 22.4 Å². The van der Waals surface area contributed by atoms with Gasteiger partial charge >= 0.3 is 0 Å². The van der Waals surface area contributed by atoms with Crippen LogP contribution >= 0.6 is 22.9 Å². The second kappa shape index (κ2) is 9.52. The molecule has 1 aliphatic rings. The first kappa shape index (κ1) is 22.6. The number of aromatic nitrogens is 1. The molecule has 2 aromatic carbocycles. The normalized spacial score (nSPS) is 16.3. The lowest BCUT2D eigenvalue weighted by Crippen LogP contribution is -2.39. The lowest BCUT2D eigenvalue weighted by Gasteiger charge is -2.24. The van der Waals surface area contributed by atoms with Crippen molar-refractivity contribution in [3.63, 3.8) is 0 Å². The Balaban J connectivity index is 1.57. The fourth-order valence-corrected chi connectivity index (χ4v) is 5.08. The second-order valence-corrected chi connectivity index (χ2v) is 9.58. The summed E-state index contributed by atoms with van der Waals surface area (Å²) >= 11 is 7.54. The highest BCUT2D eigenvalue weighted by molar-refractivity contribution is 7.22. The highest BCUT2D eigenvalue weighted by atomic mass is 35.5. The Labute approximate surface area is 195 Å². The van der Waals surface area contributed by atoms with E-state index in [9.17, 15) is 14.0 Å². The maximum absolute atomic E-state index is 13.6. The number of nitrogens with zero attached hydrogens (tertiary/aromatic N) is 4. The van der Waals surface area contributed by atoms with E-state index in [-0.39, 0.29) is 30.6 Å². The topological polar surface area (TPSA) is 56.8 Å². The van der Waals surface area contributed by atoms with E-state index in [4.69, 9.17) is 11.6 Å². The van der Waals surface area contributed by atoms with Gasteiger partial charge in [0.1, 0.15) is 5.82 Å². The molecule has 0 bridgehead atoms. The van der Waals surface area contributed by atoms with E-state index in [0.717, 1.165) is 23.2 Å². The summed E-state index contributed by atoms with van der Waals surface area (Å²) in [6, 6.07) is 11.2. The molecule has 0 radical (unpaired) electrons. The largest absolute Gasteiger partial charge is 0.312 e. The second-order valence-electron chi connectivity index (χ2n) is 8.14. The van der Waals surface area contributed by atoms with Crippen LogP contribution in [-0.2, 0) is 9.59 Å². The van der Waals surface area contributed by atoms with Gasteiger partial charge in [0.2, 0.25) is 11.8 Å². The Bertz CT molecular complexity index is 1130. The molecule has 0 spiro atoms. The van der Waals surface area contributed by atoms with Gasteiger partial charge in [-0.15, -0.1) is 0 Å². The summed E-state index contributed by atoms with van der Waals surface area (Å²) < 4.78 is 14.2. The Hall–Kier alpha value is -2.55. The Morgan fingerprint density at radius 2 is 1.97 bits per heavy atom. The van der Waals surface area contributed by atoms with Crippen molar-refractivity contribution in [1.82, 2.24) is 9.88 Å². The van der Waals surface area contributed by atoms with Crippen molar-refractivity contribution in [3.8, 4) is 0 Å². The molecule has 32 heavy (non-hydrogen) atoms.